The molecule has 1 aliphatic heterocycles. The van der Waals surface area contributed by atoms with E-state index in [9.17, 15) is 4.79 Å². The largest absolute Gasteiger partial charge is 0.453 e. The smallest absolute Gasteiger partial charge is 0.379 e. The van der Waals surface area contributed by atoms with Crippen LogP contribution in [0, 0.1) is 20.8 Å². The molecule has 2 aliphatic rings. The second-order valence-corrected chi connectivity index (χ2v) is 9.92. The minimum atomic E-state index is -0.389. The third-order valence-electron chi connectivity index (χ3n) is 4.86. The number of hydrogen-bond donors (Lipinski definition) is 0. The van der Waals surface area contributed by atoms with Crippen molar-refractivity contribution in [1.82, 2.24) is 0 Å². The van der Waals surface area contributed by atoms with Crippen LogP contribution < -0.4 is 4.74 Å². The minimum Gasteiger partial charge on any atom is -0.453 e. The highest BCUT2D eigenvalue weighted by Gasteiger charge is 2.45. The zero-order valence-electron chi connectivity index (χ0n) is 14.8. The second kappa shape index (κ2) is 6.44. The van der Waals surface area contributed by atoms with Crippen LogP contribution in [0.2, 0.25) is 0 Å². The Morgan fingerprint density at radius 1 is 1.12 bits per heavy atom. The van der Waals surface area contributed by atoms with Gasteiger partial charge in [0.2, 0.25) is 5.76 Å². The molecule has 2 aromatic rings. The summed E-state index contributed by atoms with van der Waals surface area (Å²) in [6.07, 6.45) is 3.18. The maximum Gasteiger partial charge on any atom is 0.379 e. The fraction of sp³-hybridized carbons (Fsp3) is 0.450. The summed E-state index contributed by atoms with van der Waals surface area (Å²) in [7, 11) is 0. The fourth-order valence-corrected chi connectivity index (χ4v) is 7.50. The zero-order chi connectivity index (χ0) is 17.6. The van der Waals surface area contributed by atoms with Gasteiger partial charge in [0.05, 0.1) is 4.08 Å². The molecule has 0 unspecified atom stereocenters. The van der Waals surface area contributed by atoms with Gasteiger partial charge in [0.1, 0.15) is 11.5 Å². The normalized spacial score (nSPS) is 18.4. The van der Waals surface area contributed by atoms with Crippen LogP contribution in [0.15, 0.2) is 22.6 Å². The molecule has 1 saturated heterocycles. The van der Waals surface area contributed by atoms with Crippen molar-refractivity contribution in [3.8, 4) is 5.75 Å². The number of benzene rings is 1. The van der Waals surface area contributed by atoms with Gasteiger partial charge in [-0.05, 0) is 56.9 Å². The number of ether oxygens (including phenoxy) is 1. The molecule has 1 fully saturated rings. The number of furan rings is 1. The van der Waals surface area contributed by atoms with Crippen LogP contribution >= 0.6 is 23.5 Å². The van der Waals surface area contributed by atoms with E-state index in [2.05, 4.69) is 6.07 Å². The Hall–Kier alpha value is -1.33. The minimum absolute atomic E-state index is 0.0830. The first-order chi connectivity index (χ1) is 12.0. The van der Waals surface area contributed by atoms with E-state index in [0.29, 0.717) is 11.5 Å². The van der Waals surface area contributed by atoms with E-state index in [1.165, 1.54) is 5.56 Å². The molecule has 0 N–H and O–H groups in total. The molecule has 25 heavy (non-hydrogen) atoms. The molecule has 1 spiro atoms. The summed E-state index contributed by atoms with van der Waals surface area (Å²) in [5.41, 5.74) is 4.37. The number of carbonyl (C=O) groups excluding carboxylic acids is 1. The van der Waals surface area contributed by atoms with Gasteiger partial charge < -0.3 is 9.15 Å². The number of esters is 1. The van der Waals surface area contributed by atoms with Crippen LogP contribution in [0.4, 0.5) is 0 Å². The van der Waals surface area contributed by atoms with Crippen molar-refractivity contribution in [3.05, 3.63) is 52.0 Å². The van der Waals surface area contributed by atoms with E-state index < -0.39 is 0 Å². The average molecular weight is 375 g/mol. The molecule has 1 aromatic heterocycles. The first kappa shape index (κ1) is 17.1. The molecule has 0 saturated carbocycles. The first-order valence-electron chi connectivity index (χ1n) is 8.70. The van der Waals surface area contributed by atoms with Gasteiger partial charge in [-0.25, -0.2) is 4.79 Å². The topological polar surface area (TPSA) is 39.4 Å². The maximum atomic E-state index is 12.7. The molecule has 0 atom stereocenters. The number of rotatable bonds is 2. The summed E-state index contributed by atoms with van der Waals surface area (Å²) in [6, 6.07) is 5.83. The Balaban J connectivity index is 1.67. The van der Waals surface area contributed by atoms with Crippen LogP contribution in [0.3, 0.4) is 0 Å². The van der Waals surface area contributed by atoms with Gasteiger partial charge in [0.15, 0.2) is 0 Å². The van der Waals surface area contributed by atoms with Crippen molar-refractivity contribution in [2.75, 3.05) is 11.5 Å². The summed E-state index contributed by atoms with van der Waals surface area (Å²) in [5, 5.41) is 0. The lowest BCUT2D eigenvalue weighted by Crippen LogP contribution is -2.21. The number of aryl methyl sites for hydroxylation is 3. The standard InChI is InChI=1S/C20H22O3S2/c1-12-9-13(2)11-15(10-12)22-19(21)18-14(3)17-16(23-18)5-4-6-20(17)24-7-8-25-20/h9-11H,4-8H2,1-3H3. The Labute approximate surface area is 156 Å². The lowest BCUT2D eigenvalue weighted by atomic mass is 9.94. The van der Waals surface area contributed by atoms with Crippen LogP contribution in [-0.2, 0) is 10.5 Å². The van der Waals surface area contributed by atoms with Crippen LogP contribution in [0.5, 0.6) is 5.75 Å². The van der Waals surface area contributed by atoms with Gasteiger partial charge in [0, 0.05) is 29.1 Å². The summed E-state index contributed by atoms with van der Waals surface area (Å²) in [5.74, 6) is 3.88. The molecule has 1 aromatic carbocycles. The van der Waals surface area contributed by atoms with Crippen molar-refractivity contribution in [2.24, 2.45) is 0 Å². The maximum absolute atomic E-state index is 12.7. The van der Waals surface area contributed by atoms with E-state index >= 15 is 0 Å². The molecular formula is C20H22O3S2. The Bertz CT molecular complexity index is 811. The van der Waals surface area contributed by atoms with Gasteiger partial charge in [0.25, 0.3) is 0 Å². The molecule has 5 heteroatoms. The van der Waals surface area contributed by atoms with E-state index in [-0.39, 0.29) is 10.0 Å². The van der Waals surface area contributed by atoms with E-state index in [0.717, 1.165) is 53.2 Å². The highest BCUT2D eigenvalue weighted by molar-refractivity contribution is 8.20. The quantitative estimate of drug-likeness (QED) is 0.520. The lowest BCUT2D eigenvalue weighted by Gasteiger charge is -2.31. The second-order valence-electron chi connectivity index (χ2n) is 6.87. The molecule has 3 nitrogen and oxygen atoms in total. The van der Waals surface area contributed by atoms with Gasteiger partial charge in [-0.1, -0.05) is 6.07 Å². The Kier molecular flexibility index (Phi) is 4.40. The van der Waals surface area contributed by atoms with Crippen LogP contribution in [0.25, 0.3) is 0 Å². The van der Waals surface area contributed by atoms with Gasteiger partial charge >= 0.3 is 5.97 Å². The third kappa shape index (κ3) is 3.02. The summed E-state index contributed by atoms with van der Waals surface area (Å²) in [6.45, 7) is 6.01. The molecule has 132 valence electrons. The molecule has 2 heterocycles. The van der Waals surface area contributed by atoms with Crippen molar-refractivity contribution in [3.63, 3.8) is 0 Å². The van der Waals surface area contributed by atoms with Gasteiger partial charge in [-0.3, -0.25) is 0 Å². The predicted molar refractivity (Wildman–Crippen MR) is 104 cm³/mol. The predicted octanol–water partition coefficient (Wildman–Crippen LogP) is 5.39. The van der Waals surface area contributed by atoms with Crippen molar-refractivity contribution in [1.29, 1.82) is 0 Å². The lowest BCUT2D eigenvalue weighted by molar-refractivity contribution is 0.0698. The van der Waals surface area contributed by atoms with Crippen LogP contribution in [0.1, 0.15) is 51.4 Å². The summed E-state index contributed by atoms with van der Waals surface area (Å²) >= 11 is 4.01. The van der Waals surface area contributed by atoms with E-state index in [1.54, 1.807) is 0 Å². The van der Waals surface area contributed by atoms with Crippen LogP contribution in [-0.4, -0.2) is 17.5 Å². The first-order valence-corrected chi connectivity index (χ1v) is 10.7. The Morgan fingerprint density at radius 3 is 2.48 bits per heavy atom. The average Bonchev–Trinajstić information content (AvgIpc) is 3.12. The summed E-state index contributed by atoms with van der Waals surface area (Å²) < 4.78 is 11.7. The van der Waals surface area contributed by atoms with Gasteiger partial charge in [-0.15, -0.1) is 23.5 Å². The molecule has 0 radical (unpaired) electrons. The van der Waals surface area contributed by atoms with Gasteiger partial charge in [-0.2, -0.15) is 0 Å². The van der Waals surface area contributed by atoms with Crippen molar-refractivity contribution < 1.29 is 13.9 Å². The third-order valence-corrected chi connectivity index (χ3v) is 8.39. The van der Waals surface area contributed by atoms with E-state index in [4.69, 9.17) is 9.15 Å². The Morgan fingerprint density at radius 2 is 1.80 bits per heavy atom. The number of fused-ring (bicyclic) bond motifs is 2. The number of carbonyl (C=O) groups is 1. The SMILES string of the molecule is Cc1cc(C)cc(OC(=O)c2oc3c(c2C)C2(CCC3)SCCS2)c1. The highest BCUT2D eigenvalue weighted by Crippen LogP contribution is 2.59. The van der Waals surface area contributed by atoms with Crippen molar-refractivity contribution >= 4 is 29.5 Å². The molecule has 0 amide bonds. The monoisotopic (exact) mass is 374 g/mol. The molecule has 1 aliphatic carbocycles. The fourth-order valence-electron chi connectivity index (χ4n) is 3.94. The summed E-state index contributed by atoms with van der Waals surface area (Å²) in [4.78, 5) is 12.7. The molecule has 4 rings (SSSR count). The molecule has 0 bridgehead atoms. The number of thioether (sulfide) groups is 2. The number of hydrogen-bond acceptors (Lipinski definition) is 5. The van der Waals surface area contributed by atoms with E-state index in [1.807, 2.05) is 56.4 Å². The van der Waals surface area contributed by atoms with Crippen molar-refractivity contribution in [2.45, 2.75) is 44.1 Å². The highest BCUT2D eigenvalue weighted by atomic mass is 32.2. The molecular weight excluding hydrogens is 352 g/mol. The zero-order valence-corrected chi connectivity index (χ0v) is 16.4.